The van der Waals surface area contributed by atoms with Gasteiger partial charge < -0.3 is 16.0 Å². The normalized spacial score (nSPS) is 17.0. The first kappa shape index (κ1) is 18.0. The molecule has 0 bridgehead atoms. The van der Waals surface area contributed by atoms with Gasteiger partial charge in [0.15, 0.2) is 0 Å². The van der Waals surface area contributed by atoms with Crippen LogP contribution in [0.25, 0.3) is 0 Å². The number of nitrogens with one attached hydrogen (secondary N) is 1. The molecule has 0 heterocycles. The molecule has 1 saturated carbocycles. The number of amides is 1. The number of hydrogen-bond acceptors (Lipinski definition) is 3. The van der Waals surface area contributed by atoms with Crippen molar-refractivity contribution in [2.24, 2.45) is 11.7 Å². The second-order valence-corrected chi connectivity index (χ2v) is 6.95. The maximum absolute atomic E-state index is 12.6. The third kappa shape index (κ3) is 5.05. The molecule has 0 radical (unpaired) electrons. The fraction of sp³-hybridized carbons (Fsp3) is 0.632. The van der Waals surface area contributed by atoms with Crippen molar-refractivity contribution >= 4 is 11.6 Å². The minimum Gasteiger partial charge on any atom is -0.327 e. The second-order valence-electron chi connectivity index (χ2n) is 6.95. The van der Waals surface area contributed by atoms with Crippen LogP contribution in [0.15, 0.2) is 18.2 Å². The summed E-state index contributed by atoms with van der Waals surface area (Å²) < 4.78 is 0. The van der Waals surface area contributed by atoms with E-state index in [1.54, 1.807) is 0 Å². The molecule has 0 aliphatic heterocycles. The van der Waals surface area contributed by atoms with Crippen LogP contribution in [0.5, 0.6) is 0 Å². The Labute approximate surface area is 140 Å². The summed E-state index contributed by atoms with van der Waals surface area (Å²) in [6.07, 6.45) is 5.74. The van der Waals surface area contributed by atoms with Crippen LogP contribution < -0.4 is 16.0 Å². The Morgan fingerprint density at radius 1 is 1.35 bits per heavy atom. The molecule has 0 unspecified atom stereocenters. The molecule has 0 saturated heterocycles. The van der Waals surface area contributed by atoms with Crippen LogP contribution in [0.1, 0.15) is 50.2 Å². The summed E-state index contributed by atoms with van der Waals surface area (Å²) in [5.74, 6) is 0.480. The average Bonchev–Trinajstić information content (AvgIpc) is 2.55. The highest BCUT2D eigenvalue weighted by Gasteiger charge is 2.24. The third-order valence-corrected chi connectivity index (χ3v) is 4.78. The summed E-state index contributed by atoms with van der Waals surface area (Å²) in [5.41, 5.74) is 9.22. The van der Waals surface area contributed by atoms with E-state index in [-0.39, 0.29) is 17.9 Å². The van der Waals surface area contributed by atoms with Crippen LogP contribution in [0.2, 0.25) is 0 Å². The van der Waals surface area contributed by atoms with Gasteiger partial charge in [-0.05, 0) is 49.9 Å². The summed E-state index contributed by atoms with van der Waals surface area (Å²) in [6, 6.07) is 6.44. The van der Waals surface area contributed by atoms with Gasteiger partial charge in [0.1, 0.15) is 0 Å². The van der Waals surface area contributed by atoms with Gasteiger partial charge in [0.2, 0.25) is 5.91 Å². The highest BCUT2D eigenvalue weighted by Crippen LogP contribution is 2.27. The van der Waals surface area contributed by atoms with Gasteiger partial charge in [-0.25, -0.2) is 0 Å². The van der Waals surface area contributed by atoms with Crippen molar-refractivity contribution in [1.82, 2.24) is 5.32 Å². The van der Waals surface area contributed by atoms with Crippen molar-refractivity contribution < 1.29 is 4.79 Å². The van der Waals surface area contributed by atoms with Gasteiger partial charge in [-0.2, -0.15) is 0 Å². The molecule has 1 amide bonds. The molecule has 1 aliphatic carbocycles. The summed E-state index contributed by atoms with van der Waals surface area (Å²) >= 11 is 0. The standard InChI is InChI=1S/C19H31N3O/c1-14-11-18(10-9-17(14)13-21-12-15(2)20)22(3)19(23)16-7-5-4-6-8-16/h9-11,15-16,21H,4-8,12-13,20H2,1-3H3/t15-/m0/s1. The van der Waals surface area contributed by atoms with E-state index in [2.05, 4.69) is 30.4 Å². The van der Waals surface area contributed by atoms with E-state index in [1.165, 1.54) is 30.4 Å². The van der Waals surface area contributed by atoms with Crippen LogP contribution in [0.4, 0.5) is 5.69 Å². The van der Waals surface area contributed by atoms with E-state index < -0.39 is 0 Å². The molecule has 1 aliphatic rings. The largest absolute Gasteiger partial charge is 0.327 e. The Hall–Kier alpha value is -1.39. The summed E-state index contributed by atoms with van der Waals surface area (Å²) in [7, 11) is 1.90. The lowest BCUT2D eigenvalue weighted by Gasteiger charge is -2.27. The van der Waals surface area contributed by atoms with Gasteiger partial charge in [-0.3, -0.25) is 4.79 Å². The summed E-state index contributed by atoms with van der Waals surface area (Å²) in [4.78, 5) is 14.5. The molecule has 1 fully saturated rings. The number of rotatable bonds is 6. The highest BCUT2D eigenvalue weighted by molar-refractivity contribution is 5.94. The lowest BCUT2D eigenvalue weighted by Crippen LogP contribution is -2.34. The number of nitrogens with two attached hydrogens (primary N) is 1. The molecule has 1 aromatic carbocycles. The molecule has 0 spiro atoms. The lowest BCUT2D eigenvalue weighted by molar-refractivity contribution is -0.123. The van der Waals surface area contributed by atoms with Crippen LogP contribution in [0.3, 0.4) is 0 Å². The Bertz CT molecular complexity index is 521. The van der Waals surface area contributed by atoms with Crippen LogP contribution >= 0.6 is 0 Å². The van der Waals surface area contributed by atoms with E-state index in [9.17, 15) is 4.79 Å². The smallest absolute Gasteiger partial charge is 0.229 e. The van der Waals surface area contributed by atoms with Crippen molar-refractivity contribution in [3.63, 3.8) is 0 Å². The number of benzene rings is 1. The molecular weight excluding hydrogens is 286 g/mol. The molecule has 0 aromatic heterocycles. The van der Waals surface area contributed by atoms with Crippen LogP contribution in [-0.4, -0.2) is 25.5 Å². The topological polar surface area (TPSA) is 58.4 Å². The van der Waals surface area contributed by atoms with E-state index in [4.69, 9.17) is 5.73 Å². The average molecular weight is 317 g/mol. The fourth-order valence-corrected chi connectivity index (χ4v) is 3.27. The number of aryl methyl sites for hydroxylation is 1. The number of nitrogens with zero attached hydrogens (tertiary/aromatic N) is 1. The van der Waals surface area contributed by atoms with Gasteiger partial charge >= 0.3 is 0 Å². The maximum atomic E-state index is 12.6. The maximum Gasteiger partial charge on any atom is 0.229 e. The van der Waals surface area contributed by atoms with E-state index in [1.807, 2.05) is 18.9 Å². The zero-order valence-corrected chi connectivity index (χ0v) is 14.8. The SMILES string of the molecule is Cc1cc(N(C)C(=O)C2CCCCC2)ccc1CNC[C@H](C)N. The zero-order valence-electron chi connectivity index (χ0n) is 14.8. The van der Waals surface area contributed by atoms with Crippen molar-refractivity contribution in [1.29, 1.82) is 0 Å². The van der Waals surface area contributed by atoms with Crippen molar-refractivity contribution in [2.75, 3.05) is 18.5 Å². The van der Waals surface area contributed by atoms with E-state index in [0.717, 1.165) is 31.6 Å². The quantitative estimate of drug-likeness (QED) is 0.848. The predicted octanol–water partition coefficient (Wildman–Crippen LogP) is 2.97. The van der Waals surface area contributed by atoms with Crippen molar-refractivity contribution in [3.05, 3.63) is 29.3 Å². The van der Waals surface area contributed by atoms with Gasteiger partial charge in [-0.1, -0.05) is 25.3 Å². The fourth-order valence-electron chi connectivity index (χ4n) is 3.27. The van der Waals surface area contributed by atoms with Crippen molar-refractivity contribution in [3.8, 4) is 0 Å². The number of carbonyl (C=O) groups is 1. The molecule has 1 atom stereocenters. The minimum absolute atomic E-state index is 0.161. The number of hydrogen-bond donors (Lipinski definition) is 2. The Morgan fingerprint density at radius 3 is 2.65 bits per heavy atom. The van der Waals surface area contributed by atoms with Gasteiger partial charge in [0.05, 0.1) is 0 Å². The highest BCUT2D eigenvalue weighted by atomic mass is 16.2. The Morgan fingerprint density at radius 2 is 2.04 bits per heavy atom. The van der Waals surface area contributed by atoms with Crippen molar-refractivity contribution in [2.45, 2.75) is 58.5 Å². The Kier molecular flexibility index (Phi) is 6.60. The molecule has 23 heavy (non-hydrogen) atoms. The van der Waals surface area contributed by atoms with Gasteiger partial charge in [-0.15, -0.1) is 0 Å². The van der Waals surface area contributed by atoms with Gasteiger partial charge in [0.25, 0.3) is 0 Å². The Balaban J connectivity index is 1.99. The molecule has 4 heteroatoms. The first-order valence-corrected chi connectivity index (χ1v) is 8.82. The van der Waals surface area contributed by atoms with Crippen LogP contribution in [0, 0.1) is 12.8 Å². The number of anilines is 1. The van der Waals surface area contributed by atoms with E-state index >= 15 is 0 Å². The molecule has 128 valence electrons. The minimum atomic E-state index is 0.161. The van der Waals surface area contributed by atoms with Gasteiger partial charge in [0, 0.05) is 37.8 Å². The molecular formula is C19H31N3O. The lowest BCUT2D eigenvalue weighted by atomic mass is 9.88. The first-order valence-electron chi connectivity index (χ1n) is 8.82. The molecule has 1 aromatic rings. The monoisotopic (exact) mass is 317 g/mol. The first-order chi connectivity index (χ1) is 11.0. The van der Waals surface area contributed by atoms with Crippen LogP contribution in [-0.2, 0) is 11.3 Å². The molecule has 3 N–H and O–H groups in total. The third-order valence-electron chi connectivity index (χ3n) is 4.78. The summed E-state index contributed by atoms with van der Waals surface area (Å²) in [6.45, 7) is 5.72. The number of carbonyl (C=O) groups excluding carboxylic acids is 1. The summed E-state index contributed by atoms with van der Waals surface area (Å²) in [5, 5.41) is 3.36. The zero-order chi connectivity index (χ0) is 16.8. The molecule has 2 rings (SSSR count). The predicted molar refractivity (Wildman–Crippen MR) is 96.5 cm³/mol. The second kappa shape index (κ2) is 8.46. The molecule has 4 nitrogen and oxygen atoms in total. The van der Waals surface area contributed by atoms with E-state index in [0.29, 0.717) is 0 Å².